The summed E-state index contributed by atoms with van der Waals surface area (Å²) in [6.07, 6.45) is 2.90. The summed E-state index contributed by atoms with van der Waals surface area (Å²) in [5.41, 5.74) is 1.27. The summed E-state index contributed by atoms with van der Waals surface area (Å²) < 4.78 is 26.7. The van der Waals surface area contributed by atoms with Gasteiger partial charge in [-0.15, -0.1) is 0 Å². The van der Waals surface area contributed by atoms with Crippen LogP contribution in [-0.4, -0.2) is 20.4 Å². The average Bonchev–Trinajstić information content (AvgIpc) is 3.14. The quantitative estimate of drug-likeness (QED) is 0.804. The fourth-order valence-electron chi connectivity index (χ4n) is 1.58. The van der Waals surface area contributed by atoms with Crippen LogP contribution in [-0.2, 0) is 14.8 Å². The first kappa shape index (κ1) is 13.8. The second kappa shape index (κ2) is 5.14. The van der Waals surface area contributed by atoms with E-state index in [0.717, 1.165) is 24.5 Å². The molecule has 0 bridgehead atoms. The molecule has 0 saturated heterocycles. The summed E-state index contributed by atoms with van der Waals surface area (Å²) in [6.45, 7) is 5.16. The summed E-state index contributed by atoms with van der Waals surface area (Å²) in [7, 11) is -3.51. The third kappa shape index (κ3) is 3.42. The first-order valence-corrected chi connectivity index (χ1v) is 7.47. The smallest absolute Gasteiger partial charge is 0.247 e. The number of rotatable bonds is 5. The minimum Gasteiger partial charge on any atom is -0.322 e. The van der Waals surface area contributed by atoms with E-state index in [1.807, 2.05) is 0 Å². The van der Waals surface area contributed by atoms with Crippen molar-refractivity contribution in [1.29, 1.82) is 0 Å². The monoisotopic (exact) mass is 280 g/mol. The van der Waals surface area contributed by atoms with Crippen LogP contribution >= 0.6 is 0 Å². The molecule has 1 aliphatic carbocycles. The van der Waals surface area contributed by atoms with Gasteiger partial charge in [-0.25, -0.2) is 13.1 Å². The van der Waals surface area contributed by atoms with Crippen molar-refractivity contribution in [3.05, 3.63) is 36.4 Å². The Hall–Kier alpha value is -1.66. The average molecular weight is 280 g/mol. The highest BCUT2D eigenvalue weighted by atomic mass is 32.2. The lowest BCUT2D eigenvalue weighted by molar-refractivity contribution is -0.111. The number of hydrogen-bond acceptors (Lipinski definition) is 3. The Labute approximate surface area is 112 Å². The highest BCUT2D eigenvalue weighted by Gasteiger charge is 2.28. The Bertz CT molecular complexity index is 619. The van der Waals surface area contributed by atoms with Crippen molar-refractivity contribution >= 4 is 21.6 Å². The van der Waals surface area contributed by atoms with Crippen molar-refractivity contribution in [2.45, 2.75) is 30.7 Å². The fourth-order valence-corrected chi connectivity index (χ4v) is 2.91. The summed E-state index contributed by atoms with van der Waals surface area (Å²) in [5.74, 6) is -0.368. The number of sulfonamides is 1. The molecule has 19 heavy (non-hydrogen) atoms. The van der Waals surface area contributed by atoms with E-state index in [0.29, 0.717) is 5.69 Å². The molecule has 0 aliphatic heterocycles. The Kier molecular flexibility index (Phi) is 3.73. The number of anilines is 1. The number of carbonyl (C=O) groups excluding carboxylic acids is 1. The minimum atomic E-state index is -3.51. The van der Waals surface area contributed by atoms with Gasteiger partial charge in [-0.2, -0.15) is 0 Å². The van der Waals surface area contributed by atoms with Gasteiger partial charge in [0.2, 0.25) is 15.9 Å². The molecule has 0 aromatic heterocycles. The molecule has 0 unspecified atom stereocenters. The molecular formula is C13H16N2O3S. The van der Waals surface area contributed by atoms with E-state index in [4.69, 9.17) is 0 Å². The Morgan fingerprint density at radius 2 is 2.11 bits per heavy atom. The fraction of sp³-hybridized carbons (Fsp3) is 0.308. The van der Waals surface area contributed by atoms with Crippen LogP contribution in [0, 0.1) is 6.92 Å². The van der Waals surface area contributed by atoms with E-state index < -0.39 is 10.0 Å². The van der Waals surface area contributed by atoms with Crippen LogP contribution in [0.2, 0.25) is 0 Å². The predicted octanol–water partition coefficient (Wildman–Crippen LogP) is 1.56. The maximum Gasteiger partial charge on any atom is 0.247 e. The molecule has 0 radical (unpaired) electrons. The lowest BCUT2D eigenvalue weighted by Crippen LogP contribution is -2.25. The number of aryl methyl sites for hydroxylation is 1. The lowest BCUT2D eigenvalue weighted by Gasteiger charge is -2.10. The second-order valence-electron chi connectivity index (χ2n) is 4.57. The summed E-state index contributed by atoms with van der Waals surface area (Å²) in [6, 6.07) is 4.71. The van der Waals surface area contributed by atoms with Gasteiger partial charge < -0.3 is 5.32 Å². The highest BCUT2D eigenvalue weighted by Crippen LogP contribution is 2.24. The molecule has 1 aromatic carbocycles. The van der Waals surface area contributed by atoms with Gasteiger partial charge in [0.15, 0.2) is 0 Å². The first-order chi connectivity index (χ1) is 8.92. The summed E-state index contributed by atoms with van der Waals surface area (Å²) in [4.78, 5) is 11.4. The van der Waals surface area contributed by atoms with Crippen LogP contribution in [0.4, 0.5) is 5.69 Å². The maximum absolute atomic E-state index is 12.1. The van der Waals surface area contributed by atoms with Gasteiger partial charge in [-0.05, 0) is 43.5 Å². The van der Waals surface area contributed by atoms with Crippen LogP contribution < -0.4 is 10.0 Å². The third-order valence-corrected chi connectivity index (χ3v) is 4.38. The van der Waals surface area contributed by atoms with Crippen LogP contribution in [0.5, 0.6) is 0 Å². The Morgan fingerprint density at radius 3 is 2.68 bits per heavy atom. The lowest BCUT2D eigenvalue weighted by atomic mass is 10.2. The summed E-state index contributed by atoms with van der Waals surface area (Å²) in [5, 5.41) is 2.59. The molecule has 0 spiro atoms. The molecule has 0 heterocycles. The van der Waals surface area contributed by atoms with Crippen molar-refractivity contribution in [2.75, 3.05) is 5.32 Å². The Morgan fingerprint density at radius 1 is 1.42 bits per heavy atom. The number of nitrogens with one attached hydrogen (secondary N) is 2. The van der Waals surface area contributed by atoms with E-state index in [1.165, 1.54) is 12.1 Å². The van der Waals surface area contributed by atoms with Gasteiger partial charge in [-0.3, -0.25) is 4.79 Å². The Balaban J connectivity index is 2.29. The van der Waals surface area contributed by atoms with Crippen LogP contribution in [0.3, 0.4) is 0 Å². The van der Waals surface area contributed by atoms with Crippen LogP contribution in [0.15, 0.2) is 35.7 Å². The number of benzene rings is 1. The molecule has 1 saturated carbocycles. The van der Waals surface area contributed by atoms with Crippen molar-refractivity contribution in [2.24, 2.45) is 0 Å². The van der Waals surface area contributed by atoms with Crippen LogP contribution in [0.25, 0.3) is 0 Å². The number of hydrogen-bond donors (Lipinski definition) is 2. The van der Waals surface area contributed by atoms with Gasteiger partial charge in [-0.1, -0.05) is 12.6 Å². The third-order valence-electron chi connectivity index (χ3n) is 2.86. The van der Waals surface area contributed by atoms with Gasteiger partial charge in [0.05, 0.1) is 4.90 Å². The van der Waals surface area contributed by atoms with Crippen molar-refractivity contribution in [3.63, 3.8) is 0 Å². The number of amides is 1. The van der Waals surface area contributed by atoms with E-state index >= 15 is 0 Å². The van der Waals surface area contributed by atoms with Crippen molar-refractivity contribution < 1.29 is 13.2 Å². The van der Waals surface area contributed by atoms with Crippen LogP contribution in [0.1, 0.15) is 18.4 Å². The van der Waals surface area contributed by atoms with Crippen molar-refractivity contribution in [1.82, 2.24) is 4.72 Å². The zero-order valence-electron chi connectivity index (χ0n) is 10.6. The van der Waals surface area contributed by atoms with E-state index in [1.54, 1.807) is 13.0 Å². The number of carbonyl (C=O) groups is 1. The zero-order valence-corrected chi connectivity index (χ0v) is 11.5. The van der Waals surface area contributed by atoms with E-state index in [-0.39, 0.29) is 16.8 Å². The molecular weight excluding hydrogens is 264 g/mol. The predicted molar refractivity (Wildman–Crippen MR) is 73.3 cm³/mol. The standard InChI is InChI=1S/C13H16N2O3S/c1-3-13(16)14-12-8-11(7-4-9(12)2)19(17,18)15-10-5-6-10/h3-4,7-8,10,15H,1,5-6H2,2H3,(H,14,16). The molecule has 1 aromatic rings. The second-order valence-corrected chi connectivity index (χ2v) is 6.28. The molecule has 6 heteroatoms. The molecule has 1 fully saturated rings. The minimum absolute atomic E-state index is 0.0533. The van der Waals surface area contributed by atoms with E-state index in [2.05, 4.69) is 16.6 Å². The topological polar surface area (TPSA) is 75.3 Å². The molecule has 0 atom stereocenters. The van der Waals surface area contributed by atoms with Gasteiger partial charge in [0, 0.05) is 11.7 Å². The van der Waals surface area contributed by atoms with Gasteiger partial charge in [0.1, 0.15) is 0 Å². The van der Waals surface area contributed by atoms with E-state index in [9.17, 15) is 13.2 Å². The zero-order chi connectivity index (χ0) is 14.0. The summed E-state index contributed by atoms with van der Waals surface area (Å²) >= 11 is 0. The van der Waals surface area contributed by atoms with Gasteiger partial charge >= 0.3 is 0 Å². The molecule has 1 amide bonds. The maximum atomic E-state index is 12.1. The molecule has 2 rings (SSSR count). The molecule has 102 valence electrons. The van der Waals surface area contributed by atoms with Crippen molar-refractivity contribution in [3.8, 4) is 0 Å². The molecule has 1 aliphatic rings. The highest BCUT2D eigenvalue weighted by molar-refractivity contribution is 7.89. The molecule has 2 N–H and O–H groups in total. The largest absolute Gasteiger partial charge is 0.322 e. The molecule has 5 nitrogen and oxygen atoms in total. The normalized spacial score (nSPS) is 15.0. The van der Waals surface area contributed by atoms with Gasteiger partial charge in [0.25, 0.3) is 0 Å². The first-order valence-electron chi connectivity index (χ1n) is 5.99. The SMILES string of the molecule is C=CC(=O)Nc1cc(S(=O)(=O)NC2CC2)ccc1C.